The molecule has 3 heteroatoms. The van der Waals surface area contributed by atoms with Crippen LogP contribution in [0, 0.1) is 6.92 Å². The van der Waals surface area contributed by atoms with Gasteiger partial charge in [-0.1, -0.05) is 29.8 Å². The van der Waals surface area contributed by atoms with E-state index in [-0.39, 0.29) is 0 Å². The molecule has 0 N–H and O–H groups in total. The molecule has 1 heterocycles. The number of rotatable bonds is 4. The van der Waals surface area contributed by atoms with E-state index in [1.807, 2.05) is 12.1 Å². The Bertz CT molecular complexity index is 447. The lowest BCUT2D eigenvalue weighted by Crippen LogP contribution is -1.84. The first-order chi connectivity index (χ1) is 7.79. The Morgan fingerprint density at radius 1 is 1.25 bits per heavy atom. The van der Waals surface area contributed by atoms with Crippen LogP contribution in [0.4, 0.5) is 0 Å². The Labute approximate surface area is 100 Å². The van der Waals surface area contributed by atoms with Gasteiger partial charge in [0.1, 0.15) is 0 Å². The third-order valence-electron chi connectivity index (χ3n) is 2.41. The maximum absolute atomic E-state index is 5.64. The van der Waals surface area contributed by atoms with Crippen LogP contribution in [0.2, 0.25) is 0 Å². The van der Waals surface area contributed by atoms with Crippen LogP contribution in [0.3, 0.4) is 0 Å². The van der Waals surface area contributed by atoms with E-state index < -0.39 is 0 Å². The minimum Gasteiger partial charge on any atom is -0.441 e. The van der Waals surface area contributed by atoms with E-state index in [9.17, 15) is 0 Å². The predicted octanol–water partition coefficient (Wildman–Crippen LogP) is 3.82. The topological polar surface area (TPSA) is 26.0 Å². The van der Waals surface area contributed by atoms with Crippen LogP contribution in [-0.4, -0.2) is 10.9 Å². The fourth-order valence-corrected chi connectivity index (χ4v) is 1.63. The lowest BCUT2D eigenvalue weighted by atomic mass is 10.1. The average molecular weight is 236 g/mol. The van der Waals surface area contributed by atoms with Crippen LogP contribution in [0.1, 0.15) is 17.9 Å². The summed E-state index contributed by atoms with van der Waals surface area (Å²) in [5.74, 6) is 2.23. The predicted molar refractivity (Wildman–Crippen MR) is 65.7 cm³/mol. The van der Waals surface area contributed by atoms with Gasteiger partial charge in [-0.3, -0.25) is 0 Å². The second-order valence-corrected chi connectivity index (χ2v) is 4.15. The zero-order valence-electron chi connectivity index (χ0n) is 9.24. The van der Waals surface area contributed by atoms with Gasteiger partial charge in [0.15, 0.2) is 11.7 Å². The van der Waals surface area contributed by atoms with Crippen LogP contribution in [0.5, 0.6) is 0 Å². The minimum atomic E-state index is 0.641. The van der Waals surface area contributed by atoms with Gasteiger partial charge in [-0.25, -0.2) is 4.98 Å². The number of aromatic nitrogens is 1. The standard InChI is InChI=1S/C13H14ClNO/c1-10-4-6-11(7-5-10)12-9-15-13(16-12)3-2-8-14/h4-7,9H,2-3,8H2,1H3. The molecule has 0 atom stereocenters. The number of alkyl halides is 1. The second kappa shape index (κ2) is 5.17. The first-order valence-corrected chi connectivity index (χ1v) is 5.91. The molecule has 2 nitrogen and oxygen atoms in total. The van der Waals surface area contributed by atoms with Crippen LogP contribution in [0.25, 0.3) is 11.3 Å². The second-order valence-electron chi connectivity index (χ2n) is 3.78. The summed E-state index contributed by atoms with van der Waals surface area (Å²) in [5.41, 5.74) is 2.31. The molecule has 0 saturated carbocycles. The molecular weight excluding hydrogens is 222 g/mol. The summed E-state index contributed by atoms with van der Waals surface area (Å²) in [6.45, 7) is 2.07. The SMILES string of the molecule is Cc1ccc(-c2cnc(CCCCl)o2)cc1. The molecule has 0 fully saturated rings. The molecule has 1 aromatic carbocycles. The molecule has 1 aromatic heterocycles. The highest BCUT2D eigenvalue weighted by atomic mass is 35.5. The number of benzene rings is 1. The van der Waals surface area contributed by atoms with Gasteiger partial charge in [-0.15, -0.1) is 11.6 Å². The van der Waals surface area contributed by atoms with Crippen LogP contribution in [0.15, 0.2) is 34.9 Å². The van der Waals surface area contributed by atoms with Gasteiger partial charge in [-0.05, 0) is 13.3 Å². The number of oxazole rings is 1. The lowest BCUT2D eigenvalue weighted by Gasteiger charge is -1.96. The summed E-state index contributed by atoms with van der Waals surface area (Å²) in [7, 11) is 0. The number of aryl methyl sites for hydroxylation is 2. The van der Waals surface area contributed by atoms with Gasteiger partial charge in [0.05, 0.1) is 6.20 Å². The molecule has 16 heavy (non-hydrogen) atoms. The molecule has 0 spiro atoms. The van der Waals surface area contributed by atoms with Gasteiger partial charge in [0, 0.05) is 17.9 Å². The summed E-state index contributed by atoms with van der Waals surface area (Å²) < 4.78 is 5.64. The Hall–Kier alpha value is -1.28. The van der Waals surface area contributed by atoms with Crippen LogP contribution in [-0.2, 0) is 6.42 Å². The van der Waals surface area contributed by atoms with Crippen molar-refractivity contribution in [3.8, 4) is 11.3 Å². The summed E-state index contributed by atoms with van der Waals surface area (Å²) in [5, 5.41) is 0. The summed E-state index contributed by atoms with van der Waals surface area (Å²) in [4.78, 5) is 4.23. The van der Waals surface area contributed by atoms with E-state index in [1.54, 1.807) is 6.20 Å². The fraction of sp³-hybridized carbons (Fsp3) is 0.308. The van der Waals surface area contributed by atoms with Crippen molar-refractivity contribution in [1.29, 1.82) is 0 Å². The number of hydrogen-bond acceptors (Lipinski definition) is 2. The third kappa shape index (κ3) is 2.64. The Morgan fingerprint density at radius 3 is 2.69 bits per heavy atom. The van der Waals surface area contributed by atoms with Gasteiger partial charge >= 0.3 is 0 Å². The van der Waals surface area contributed by atoms with Crippen molar-refractivity contribution < 1.29 is 4.42 Å². The quantitative estimate of drug-likeness (QED) is 0.753. The van der Waals surface area contributed by atoms with Gasteiger partial charge in [-0.2, -0.15) is 0 Å². The Kier molecular flexibility index (Phi) is 3.62. The molecule has 0 unspecified atom stereocenters. The number of halogens is 1. The lowest BCUT2D eigenvalue weighted by molar-refractivity contribution is 0.503. The van der Waals surface area contributed by atoms with Crippen LogP contribution < -0.4 is 0 Å². The third-order valence-corrected chi connectivity index (χ3v) is 2.68. The molecule has 0 radical (unpaired) electrons. The van der Waals surface area contributed by atoms with Gasteiger partial charge in [0.2, 0.25) is 0 Å². The molecular formula is C13H14ClNO. The van der Waals surface area contributed by atoms with E-state index in [2.05, 4.69) is 24.0 Å². The van der Waals surface area contributed by atoms with Gasteiger partial charge in [0.25, 0.3) is 0 Å². The molecule has 0 amide bonds. The van der Waals surface area contributed by atoms with Crippen molar-refractivity contribution >= 4 is 11.6 Å². The van der Waals surface area contributed by atoms with Gasteiger partial charge < -0.3 is 4.42 Å². The van der Waals surface area contributed by atoms with E-state index in [1.165, 1.54) is 5.56 Å². The molecule has 2 aromatic rings. The maximum atomic E-state index is 5.64. The maximum Gasteiger partial charge on any atom is 0.194 e. The van der Waals surface area contributed by atoms with E-state index in [4.69, 9.17) is 16.0 Å². The van der Waals surface area contributed by atoms with E-state index >= 15 is 0 Å². The van der Waals surface area contributed by atoms with Crippen molar-refractivity contribution in [3.63, 3.8) is 0 Å². The highest BCUT2D eigenvalue weighted by molar-refractivity contribution is 6.17. The molecule has 84 valence electrons. The Morgan fingerprint density at radius 2 is 2.00 bits per heavy atom. The molecule has 0 aliphatic carbocycles. The highest BCUT2D eigenvalue weighted by Crippen LogP contribution is 2.21. The number of nitrogens with zero attached hydrogens (tertiary/aromatic N) is 1. The van der Waals surface area contributed by atoms with Crippen molar-refractivity contribution in [2.24, 2.45) is 0 Å². The normalized spacial score (nSPS) is 10.6. The Balaban J connectivity index is 2.15. The van der Waals surface area contributed by atoms with Crippen molar-refractivity contribution in [2.45, 2.75) is 19.8 Å². The molecule has 0 saturated heterocycles. The van der Waals surface area contributed by atoms with Crippen LogP contribution >= 0.6 is 11.6 Å². The summed E-state index contributed by atoms with van der Waals surface area (Å²) >= 11 is 5.62. The molecule has 2 rings (SSSR count). The zero-order valence-corrected chi connectivity index (χ0v) is 10.00. The van der Waals surface area contributed by atoms with Crippen molar-refractivity contribution in [1.82, 2.24) is 4.98 Å². The van der Waals surface area contributed by atoms with E-state index in [0.717, 1.165) is 30.1 Å². The minimum absolute atomic E-state index is 0.641. The molecule has 0 aliphatic rings. The monoisotopic (exact) mass is 235 g/mol. The first-order valence-electron chi connectivity index (χ1n) is 5.37. The first kappa shape index (κ1) is 11.2. The van der Waals surface area contributed by atoms with Crippen molar-refractivity contribution in [3.05, 3.63) is 41.9 Å². The fourth-order valence-electron chi connectivity index (χ4n) is 1.50. The van der Waals surface area contributed by atoms with Crippen molar-refractivity contribution in [2.75, 3.05) is 5.88 Å². The average Bonchev–Trinajstić information content (AvgIpc) is 2.76. The molecule has 0 aliphatic heterocycles. The highest BCUT2D eigenvalue weighted by Gasteiger charge is 2.05. The summed E-state index contributed by atoms with van der Waals surface area (Å²) in [6.07, 6.45) is 3.47. The molecule has 0 bridgehead atoms. The largest absolute Gasteiger partial charge is 0.441 e. The summed E-state index contributed by atoms with van der Waals surface area (Å²) in [6, 6.07) is 8.22. The smallest absolute Gasteiger partial charge is 0.194 e. The zero-order chi connectivity index (χ0) is 11.4. The van der Waals surface area contributed by atoms with E-state index in [0.29, 0.717) is 5.88 Å². The number of hydrogen-bond donors (Lipinski definition) is 0.